The fourth-order valence-corrected chi connectivity index (χ4v) is 3.20. The number of nitrogens with one attached hydrogen (secondary N) is 2. The van der Waals surface area contributed by atoms with Crippen molar-refractivity contribution in [3.05, 3.63) is 58.3 Å². The normalized spacial score (nSPS) is 15.9. The van der Waals surface area contributed by atoms with Crippen LogP contribution in [0.4, 0.5) is 10.5 Å². The van der Waals surface area contributed by atoms with Crippen molar-refractivity contribution in [2.75, 3.05) is 11.9 Å². The molecule has 25 heavy (non-hydrogen) atoms. The fourth-order valence-electron chi connectivity index (χ4n) is 2.37. The van der Waals surface area contributed by atoms with E-state index in [1.807, 2.05) is 26.0 Å². The van der Waals surface area contributed by atoms with Gasteiger partial charge < -0.3 is 10.3 Å². The smallest absolute Gasteiger partial charge is 0.294 e. The summed E-state index contributed by atoms with van der Waals surface area (Å²) in [5, 5.41) is 2.27. The highest BCUT2D eigenvalue weighted by Crippen LogP contribution is 2.31. The minimum Gasteiger partial charge on any atom is -0.362 e. The molecular formula is C18H17N3O3S. The summed E-state index contributed by atoms with van der Waals surface area (Å²) >= 11 is 0.831. The second-order valence-corrected chi connectivity index (χ2v) is 6.73. The molecule has 0 aliphatic carbocycles. The highest BCUT2D eigenvalue weighted by atomic mass is 32.2. The number of anilines is 1. The summed E-state index contributed by atoms with van der Waals surface area (Å²) in [6.07, 6.45) is 3.33. The van der Waals surface area contributed by atoms with Gasteiger partial charge in [0.2, 0.25) is 5.91 Å². The van der Waals surface area contributed by atoms with E-state index < -0.39 is 17.1 Å². The first kappa shape index (κ1) is 17.0. The molecule has 2 heterocycles. The second kappa shape index (κ2) is 6.98. The monoisotopic (exact) mass is 355 g/mol. The summed E-state index contributed by atoms with van der Waals surface area (Å²) in [6, 6.07) is 9.14. The lowest BCUT2D eigenvalue weighted by atomic mass is 10.1. The Morgan fingerprint density at radius 2 is 2.04 bits per heavy atom. The third-order valence-corrected chi connectivity index (χ3v) is 4.78. The Kier molecular flexibility index (Phi) is 4.76. The van der Waals surface area contributed by atoms with Crippen molar-refractivity contribution in [3.63, 3.8) is 0 Å². The van der Waals surface area contributed by atoms with Crippen molar-refractivity contribution in [2.24, 2.45) is 0 Å². The molecule has 1 aliphatic heterocycles. The Morgan fingerprint density at radius 1 is 1.24 bits per heavy atom. The molecule has 128 valence electrons. The maximum Gasteiger partial charge on any atom is 0.294 e. The molecule has 0 bridgehead atoms. The van der Waals surface area contributed by atoms with Crippen LogP contribution in [0, 0.1) is 13.8 Å². The van der Waals surface area contributed by atoms with Crippen molar-refractivity contribution in [3.8, 4) is 0 Å². The summed E-state index contributed by atoms with van der Waals surface area (Å²) in [6.45, 7) is 3.63. The molecule has 0 radical (unpaired) electrons. The number of benzene rings is 1. The van der Waals surface area contributed by atoms with Crippen LogP contribution in [0.25, 0.3) is 6.08 Å². The van der Waals surface area contributed by atoms with Gasteiger partial charge in [-0.2, -0.15) is 0 Å². The molecule has 1 aromatic carbocycles. The first-order chi connectivity index (χ1) is 11.9. The van der Waals surface area contributed by atoms with E-state index in [0.29, 0.717) is 10.6 Å². The number of hydrogen-bond acceptors (Lipinski definition) is 4. The number of aromatic nitrogens is 1. The Hall–Kier alpha value is -2.80. The van der Waals surface area contributed by atoms with Crippen molar-refractivity contribution < 1.29 is 14.4 Å². The van der Waals surface area contributed by atoms with Crippen LogP contribution < -0.4 is 5.32 Å². The standard InChI is InChI=1S/C18H17N3O3S/c1-11-5-6-14(8-12(11)2)20-16(22)10-21-17(23)15(25-18(21)24)9-13-4-3-7-19-13/h3-9,19H,10H2,1-2H3,(H,20,22)/b15-9+. The molecule has 0 spiro atoms. The van der Waals surface area contributed by atoms with Gasteiger partial charge >= 0.3 is 0 Å². The number of carbonyl (C=O) groups excluding carboxylic acids is 3. The van der Waals surface area contributed by atoms with Crippen LogP contribution in [-0.4, -0.2) is 33.5 Å². The summed E-state index contributed by atoms with van der Waals surface area (Å²) in [7, 11) is 0. The zero-order chi connectivity index (χ0) is 18.0. The SMILES string of the molecule is Cc1ccc(NC(=O)CN2C(=O)S/C(=C/c3ccc[nH]3)C2=O)cc1C. The minimum atomic E-state index is -0.458. The molecule has 1 fully saturated rings. The van der Waals surface area contributed by atoms with Crippen LogP contribution in [0.1, 0.15) is 16.8 Å². The fraction of sp³-hybridized carbons (Fsp3) is 0.167. The molecule has 6 nitrogen and oxygen atoms in total. The molecule has 7 heteroatoms. The lowest BCUT2D eigenvalue weighted by Crippen LogP contribution is -2.36. The number of rotatable bonds is 4. The van der Waals surface area contributed by atoms with Gasteiger partial charge in [0.25, 0.3) is 11.1 Å². The highest BCUT2D eigenvalue weighted by Gasteiger charge is 2.36. The first-order valence-electron chi connectivity index (χ1n) is 7.70. The lowest BCUT2D eigenvalue weighted by molar-refractivity contribution is -0.127. The zero-order valence-electron chi connectivity index (χ0n) is 13.8. The summed E-state index contributed by atoms with van der Waals surface area (Å²) < 4.78 is 0. The third kappa shape index (κ3) is 3.83. The lowest BCUT2D eigenvalue weighted by Gasteiger charge is -2.13. The summed E-state index contributed by atoms with van der Waals surface area (Å²) in [4.78, 5) is 40.8. The number of nitrogens with zero attached hydrogens (tertiary/aromatic N) is 1. The molecule has 2 N–H and O–H groups in total. The molecule has 3 amide bonds. The van der Waals surface area contributed by atoms with E-state index in [1.165, 1.54) is 0 Å². The van der Waals surface area contributed by atoms with Gasteiger partial charge in [-0.1, -0.05) is 6.07 Å². The van der Waals surface area contributed by atoms with Gasteiger partial charge in [-0.25, -0.2) is 0 Å². The quantitative estimate of drug-likeness (QED) is 0.825. The predicted molar refractivity (Wildman–Crippen MR) is 98.0 cm³/mol. The topological polar surface area (TPSA) is 82.3 Å². The molecule has 1 saturated heterocycles. The summed E-state index contributed by atoms with van der Waals surface area (Å²) in [5.74, 6) is -0.869. The van der Waals surface area contributed by atoms with E-state index in [1.54, 1.807) is 30.5 Å². The van der Waals surface area contributed by atoms with Crippen LogP contribution in [0.5, 0.6) is 0 Å². The van der Waals surface area contributed by atoms with Crippen molar-refractivity contribution in [2.45, 2.75) is 13.8 Å². The number of aromatic amines is 1. The third-order valence-electron chi connectivity index (χ3n) is 3.87. The number of H-pyrrole nitrogens is 1. The molecule has 0 atom stereocenters. The molecule has 3 rings (SSSR count). The zero-order valence-corrected chi connectivity index (χ0v) is 14.6. The van der Waals surface area contributed by atoms with Gasteiger partial charge in [-0.3, -0.25) is 19.3 Å². The number of imide groups is 1. The van der Waals surface area contributed by atoms with Crippen LogP contribution >= 0.6 is 11.8 Å². The average Bonchev–Trinajstić information content (AvgIpc) is 3.15. The number of hydrogen-bond donors (Lipinski definition) is 2. The highest BCUT2D eigenvalue weighted by molar-refractivity contribution is 8.18. The number of carbonyl (C=O) groups is 3. The molecule has 2 aromatic rings. The molecule has 0 saturated carbocycles. The van der Waals surface area contributed by atoms with Crippen LogP contribution in [0.2, 0.25) is 0 Å². The molecule has 1 aromatic heterocycles. The first-order valence-corrected chi connectivity index (χ1v) is 8.51. The van der Waals surface area contributed by atoms with E-state index in [2.05, 4.69) is 10.3 Å². The van der Waals surface area contributed by atoms with Crippen molar-refractivity contribution in [1.82, 2.24) is 9.88 Å². The maximum atomic E-state index is 12.4. The van der Waals surface area contributed by atoms with Gasteiger partial charge in [-0.05, 0) is 67.1 Å². The van der Waals surface area contributed by atoms with Gasteiger partial charge in [0, 0.05) is 17.6 Å². The minimum absolute atomic E-state index is 0.298. The van der Waals surface area contributed by atoms with E-state index in [-0.39, 0.29) is 6.54 Å². The van der Waals surface area contributed by atoms with Gasteiger partial charge in [0.15, 0.2) is 0 Å². The Bertz CT molecular complexity index is 872. The van der Waals surface area contributed by atoms with Gasteiger partial charge in [0.05, 0.1) is 4.91 Å². The van der Waals surface area contributed by atoms with Crippen molar-refractivity contribution >= 4 is 40.6 Å². The van der Waals surface area contributed by atoms with E-state index in [0.717, 1.165) is 33.5 Å². The van der Waals surface area contributed by atoms with Crippen LogP contribution in [0.15, 0.2) is 41.4 Å². The van der Waals surface area contributed by atoms with E-state index >= 15 is 0 Å². The molecular weight excluding hydrogens is 338 g/mol. The number of amides is 3. The maximum absolute atomic E-state index is 12.4. The predicted octanol–water partition coefficient (Wildman–Crippen LogP) is 3.31. The molecule has 1 aliphatic rings. The number of aryl methyl sites for hydroxylation is 2. The Morgan fingerprint density at radius 3 is 2.72 bits per heavy atom. The number of thioether (sulfide) groups is 1. The summed E-state index contributed by atoms with van der Waals surface area (Å²) in [5.41, 5.74) is 3.54. The van der Waals surface area contributed by atoms with E-state index in [4.69, 9.17) is 0 Å². The largest absolute Gasteiger partial charge is 0.362 e. The van der Waals surface area contributed by atoms with Crippen LogP contribution in [-0.2, 0) is 9.59 Å². The second-order valence-electron chi connectivity index (χ2n) is 5.74. The Labute approximate surface area is 149 Å². The van der Waals surface area contributed by atoms with Gasteiger partial charge in [-0.15, -0.1) is 0 Å². The van der Waals surface area contributed by atoms with Crippen LogP contribution in [0.3, 0.4) is 0 Å². The van der Waals surface area contributed by atoms with E-state index in [9.17, 15) is 14.4 Å². The Balaban J connectivity index is 1.67. The molecule has 0 unspecified atom stereocenters. The van der Waals surface area contributed by atoms with Crippen molar-refractivity contribution in [1.29, 1.82) is 0 Å². The average molecular weight is 355 g/mol. The van der Waals surface area contributed by atoms with Gasteiger partial charge in [0.1, 0.15) is 6.54 Å².